The van der Waals surface area contributed by atoms with Crippen molar-refractivity contribution in [3.63, 3.8) is 0 Å². The molecule has 0 aromatic carbocycles. The molecule has 1 nitrogen and oxygen atoms in total. The Labute approximate surface area is 99.3 Å². The lowest BCUT2D eigenvalue weighted by molar-refractivity contribution is -0.0618. The first-order chi connectivity index (χ1) is 7.65. The summed E-state index contributed by atoms with van der Waals surface area (Å²) < 4.78 is 6.23. The average Bonchev–Trinajstić information content (AvgIpc) is 2.90. The van der Waals surface area contributed by atoms with E-state index < -0.39 is 0 Å². The highest BCUT2D eigenvalue weighted by molar-refractivity contribution is 5.20. The lowest BCUT2D eigenvalue weighted by Crippen LogP contribution is -2.43. The predicted molar refractivity (Wildman–Crippen MR) is 66.3 cm³/mol. The van der Waals surface area contributed by atoms with E-state index in [-0.39, 0.29) is 5.60 Å². The molecular formula is C15H24O. The van der Waals surface area contributed by atoms with E-state index >= 15 is 0 Å². The van der Waals surface area contributed by atoms with Crippen molar-refractivity contribution < 1.29 is 4.74 Å². The zero-order valence-corrected chi connectivity index (χ0v) is 10.7. The fourth-order valence-electron chi connectivity index (χ4n) is 4.14. The Hall–Kier alpha value is -0.300. The third kappa shape index (κ3) is 1.48. The minimum Gasteiger partial charge on any atom is -0.363 e. The Balaban J connectivity index is 1.81. The molecule has 90 valence electrons. The summed E-state index contributed by atoms with van der Waals surface area (Å²) in [6, 6.07) is 0. The van der Waals surface area contributed by atoms with Gasteiger partial charge in [-0.2, -0.15) is 0 Å². The van der Waals surface area contributed by atoms with Gasteiger partial charge in [0, 0.05) is 0 Å². The molecular weight excluding hydrogens is 196 g/mol. The van der Waals surface area contributed by atoms with Crippen molar-refractivity contribution in [3.05, 3.63) is 12.2 Å². The van der Waals surface area contributed by atoms with Crippen molar-refractivity contribution in [3.8, 4) is 0 Å². The van der Waals surface area contributed by atoms with Crippen molar-refractivity contribution in [1.82, 2.24) is 0 Å². The fourth-order valence-corrected chi connectivity index (χ4v) is 4.14. The molecule has 0 amide bonds. The Morgan fingerprint density at radius 1 is 1.19 bits per heavy atom. The molecule has 1 heteroatoms. The molecule has 3 unspecified atom stereocenters. The van der Waals surface area contributed by atoms with Gasteiger partial charge in [0.05, 0.1) is 11.7 Å². The van der Waals surface area contributed by atoms with E-state index in [0.29, 0.717) is 17.4 Å². The molecule has 1 aliphatic carbocycles. The maximum atomic E-state index is 6.23. The van der Waals surface area contributed by atoms with Crippen LogP contribution in [-0.4, -0.2) is 11.7 Å². The van der Waals surface area contributed by atoms with E-state index in [1.165, 1.54) is 44.9 Å². The smallest absolute Gasteiger partial charge is 0.0903 e. The van der Waals surface area contributed by atoms with Crippen LogP contribution in [0, 0.1) is 11.3 Å². The van der Waals surface area contributed by atoms with Gasteiger partial charge < -0.3 is 4.74 Å². The van der Waals surface area contributed by atoms with Gasteiger partial charge in [0.2, 0.25) is 0 Å². The molecule has 0 radical (unpaired) electrons. The number of ether oxygens (including phenoxy) is 1. The first-order valence-electron chi connectivity index (χ1n) is 7.02. The van der Waals surface area contributed by atoms with E-state index in [1.54, 1.807) is 0 Å². The van der Waals surface area contributed by atoms with Crippen molar-refractivity contribution in [2.24, 2.45) is 11.3 Å². The molecule has 3 atom stereocenters. The van der Waals surface area contributed by atoms with E-state index in [9.17, 15) is 0 Å². The van der Waals surface area contributed by atoms with Gasteiger partial charge in [-0.25, -0.2) is 0 Å². The maximum Gasteiger partial charge on any atom is 0.0903 e. The minimum atomic E-state index is 0.108. The van der Waals surface area contributed by atoms with Crippen molar-refractivity contribution >= 4 is 0 Å². The largest absolute Gasteiger partial charge is 0.363 e. The molecule has 0 aromatic heterocycles. The van der Waals surface area contributed by atoms with Gasteiger partial charge in [0.1, 0.15) is 0 Å². The maximum absolute atomic E-state index is 6.23. The van der Waals surface area contributed by atoms with E-state index in [2.05, 4.69) is 26.0 Å². The molecule has 2 aliphatic heterocycles. The third-order valence-corrected chi connectivity index (χ3v) is 5.56. The lowest BCUT2D eigenvalue weighted by Gasteiger charge is -2.46. The number of fused-ring (bicyclic) bond motifs is 2. The topological polar surface area (TPSA) is 9.23 Å². The van der Waals surface area contributed by atoms with Gasteiger partial charge >= 0.3 is 0 Å². The van der Waals surface area contributed by atoms with Crippen LogP contribution in [0.15, 0.2) is 12.2 Å². The zero-order chi connectivity index (χ0) is 11.2. The van der Waals surface area contributed by atoms with Gasteiger partial charge in [0.25, 0.3) is 0 Å². The first-order valence-corrected chi connectivity index (χ1v) is 7.02. The van der Waals surface area contributed by atoms with Crippen LogP contribution in [0.5, 0.6) is 0 Å². The zero-order valence-electron chi connectivity index (χ0n) is 10.7. The van der Waals surface area contributed by atoms with Crippen molar-refractivity contribution in [2.45, 2.75) is 70.5 Å². The van der Waals surface area contributed by atoms with Gasteiger partial charge in [0.15, 0.2) is 0 Å². The molecule has 2 heterocycles. The SMILES string of the molecule is CC(C1(C)CCCCC1)C12C=CC(CC1)O2. The van der Waals surface area contributed by atoms with Crippen LogP contribution in [0.25, 0.3) is 0 Å². The Morgan fingerprint density at radius 3 is 2.44 bits per heavy atom. The normalized spacial score (nSPS) is 42.5. The molecule has 1 saturated carbocycles. The van der Waals surface area contributed by atoms with Crippen LogP contribution >= 0.6 is 0 Å². The predicted octanol–water partition coefficient (Wildman–Crippen LogP) is 4.08. The minimum absolute atomic E-state index is 0.108. The molecule has 0 aromatic rings. The second-order valence-corrected chi connectivity index (χ2v) is 6.45. The van der Waals surface area contributed by atoms with Crippen molar-refractivity contribution in [2.75, 3.05) is 0 Å². The average molecular weight is 220 g/mol. The van der Waals surface area contributed by atoms with Gasteiger partial charge in [-0.1, -0.05) is 45.3 Å². The molecule has 2 bridgehead atoms. The Kier molecular flexibility index (Phi) is 2.43. The molecule has 1 saturated heterocycles. The molecule has 3 aliphatic rings. The van der Waals surface area contributed by atoms with Crippen LogP contribution in [0.1, 0.15) is 58.8 Å². The second-order valence-electron chi connectivity index (χ2n) is 6.45. The quantitative estimate of drug-likeness (QED) is 0.637. The summed E-state index contributed by atoms with van der Waals surface area (Å²) in [4.78, 5) is 0. The monoisotopic (exact) mass is 220 g/mol. The first kappa shape index (κ1) is 10.8. The summed E-state index contributed by atoms with van der Waals surface area (Å²) in [7, 11) is 0. The number of hydrogen-bond acceptors (Lipinski definition) is 1. The summed E-state index contributed by atoms with van der Waals surface area (Å²) in [5, 5.41) is 0. The van der Waals surface area contributed by atoms with Crippen LogP contribution in [0.2, 0.25) is 0 Å². The summed E-state index contributed by atoms with van der Waals surface area (Å²) >= 11 is 0. The molecule has 0 N–H and O–H groups in total. The van der Waals surface area contributed by atoms with Crippen LogP contribution in [0.3, 0.4) is 0 Å². The molecule has 2 fully saturated rings. The standard InChI is InChI=1S/C15H24O/c1-12(14(2)8-4-3-5-9-14)15-10-6-13(16-15)7-11-15/h6,10,12-13H,3-5,7-9,11H2,1-2H3. The van der Waals surface area contributed by atoms with E-state index in [0.717, 1.165) is 0 Å². The van der Waals surface area contributed by atoms with Crippen molar-refractivity contribution in [1.29, 1.82) is 0 Å². The van der Waals surface area contributed by atoms with Gasteiger partial charge in [-0.05, 0) is 37.0 Å². The van der Waals surface area contributed by atoms with Gasteiger partial charge in [-0.15, -0.1) is 0 Å². The highest BCUT2D eigenvalue weighted by atomic mass is 16.5. The molecule has 3 rings (SSSR count). The highest BCUT2D eigenvalue weighted by Crippen LogP contribution is 2.53. The van der Waals surface area contributed by atoms with Gasteiger partial charge in [-0.3, -0.25) is 0 Å². The Bertz CT molecular complexity index is 301. The fraction of sp³-hybridized carbons (Fsp3) is 0.867. The van der Waals surface area contributed by atoms with E-state index in [1.807, 2.05) is 0 Å². The number of hydrogen-bond donors (Lipinski definition) is 0. The lowest BCUT2D eigenvalue weighted by atomic mass is 9.61. The van der Waals surface area contributed by atoms with Crippen LogP contribution < -0.4 is 0 Å². The second kappa shape index (κ2) is 3.60. The van der Waals surface area contributed by atoms with Crippen LogP contribution in [-0.2, 0) is 4.74 Å². The third-order valence-electron chi connectivity index (χ3n) is 5.56. The summed E-state index contributed by atoms with van der Waals surface area (Å²) in [5.41, 5.74) is 0.624. The summed E-state index contributed by atoms with van der Waals surface area (Å²) in [6.45, 7) is 4.93. The summed E-state index contributed by atoms with van der Waals surface area (Å²) in [5.74, 6) is 0.684. The Morgan fingerprint density at radius 2 is 1.94 bits per heavy atom. The molecule has 16 heavy (non-hydrogen) atoms. The highest BCUT2D eigenvalue weighted by Gasteiger charge is 2.51. The number of rotatable bonds is 2. The van der Waals surface area contributed by atoms with E-state index in [4.69, 9.17) is 4.74 Å². The summed E-state index contributed by atoms with van der Waals surface area (Å²) in [6.07, 6.45) is 14.7. The van der Waals surface area contributed by atoms with Crippen LogP contribution in [0.4, 0.5) is 0 Å². The molecule has 0 spiro atoms.